The number of carboxylic acids is 1. The number of nitrogens with two attached hydrogens (primary N) is 1. The number of carbonyl (C=O) groups is 2. The van der Waals surface area contributed by atoms with Crippen molar-refractivity contribution in [3.8, 4) is 0 Å². The summed E-state index contributed by atoms with van der Waals surface area (Å²) in [6, 6.07) is -0.376. The van der Waals surface area contributed by atoms with Crippen LogP contribution in [-0.2, 0) is 4.79 Å². The number of rotatable bonds is 2. The van der Waals surface area contributed by atoms with Gasteiger partial charge in [0.2, 0.25) is 0 Å². The summed E-state index contributed by atoms with van der Waals surface area (Å²) in [7, 11) is 0. The Morgan fingerprint density at radius 3 is 2.53 bits per heavy atom. The number of aliphatic carboxylic acids is 1. The van der Waals surface area contributed by atoms with Gasteiger partial charge in [-0.3, -0.25) is 4.79 Å². The molecular weight excluding hydrogens is 246 g/mol. The van der Waals surface area contributed by atoms with E-state index in [1.807, 2.05) is 0 Å². The van der Waals surface area contributed by atoms with E-state index in [2.05, 4.69) is 5.32 Å². The lowest BCUT2D eigenvalue weighted by Crippen LogP contribution is -2.54. The molecule has 2 amide bonds. The monoisotopic (exact) mass is 269 g/mol. The fourth-order valence-corrected chi connectivity index (χ4v) is 3.14. The van der Waals surface area contributed by atoms with Gasteiger partial charge in [-0.15, -0.1) is 0 Å². The lowest BCUT2D eigenvalue weighted by atomic mass is 9.91. The minimum absolute atomic E-state index is 0.0193. The maximum atomic E-state index is 12.2. The van der Waals surface area contributed by atoms with E-state index in [4.69, 9.17) is 10.8 Å². The molecule has 2 fully saturated rings. The molecule has 4 atom stereocenters. The van der Waals surface area contributed by atoms with Crippen molar-refractivity contribution in [2.24, 2.45) is 11.7 Å². The third-order valence-corrected chi connectivity index (χ3v) is 4.46. The quantitative estimate of drug-likeness (QED) is 0.689. The van der Waals surface area contributed by atoms with Gasteiger partial charge in [0, 0.05) is 24.7 Å². The number of nitrogens with one attached hydrogen (secondary N) is 1. The first-order valence-electron chi connectivity index (χ1n) is 7.06. The molecule has 1 saturated carbocycles. The summed E-state index contributed by atoms with van der Waals surface area (Å²) in [4.78, 5) is 24.9. The largest absolute Gasteiger partial charge is 0.481 e. The first-order chi connectivity index (χ1) is 9.00. The van der Waals surface area contributed by atoms with Crippen LogP contribution in [-0.4, -0.2) is 46.7 Å². The second-order valence-corrected chi connectivity index (χ2v) is 5.67. The Labute approximate surface area is 113 Å². The second kappa shape index (κ2) is 5.77. The average Bonchev–Trinajstić information content (AvgIpc) is 2.74. The normalized spacial score (nSPS) is 35.2. The summed E-state index contributed by atoms with van der Waals surface area (Å²) in [6.45, 7) is 2.30. The molecule has 1 saturated heterocycles. The molecule has 6 nitrogen and oxygen atoms in total. The number of likely N-dealkylation sites (tertiary alicyclic amines) is 1. The van der Waals surface area contributed by atoms with E-state index in [-0.39, 0.29) is 24.2 Å². The van der Waals surface area contributed by atoms with Crippen molar-refractivity contribution >= 4 is 12.0 Å². The zero-order chi connectivity index (χ0) is 14.0. The van der Waals surface area contributed by atoms with Gasteiger partial charge in [-0.2, -0.15) is 0 Å². The molecule has 0 spiro atoms. The number of carbonyl (C=O) groups excluding carboxylic acids is 1. The Morgan fingerprint density at radius 2 is 1.95 bits per heavy atom. The summed E-state index contributed by atoms with van der Waals surface area (Å²) in [5, 5.41) is 12.0. The van der Waals surface area contributed by atoms with E-state index in [1.165, 1.54) is 0 Å². The molecule has 6 heteroatoms. The van der Waals surface area contributed by atoms with Crippen LogP contribution in [0, 0.1) is 5.92 Å². The molecule has 1 heterocycles. The van der Waals surface area contributed by atoms with Crippen molar-refractivity contribution < 1.29 is 14.7 Å². The maximum absolute atomic E-state index is 12.2. The topological polar surface area (TPSA) is 95.7 Å². The van der Waals surface area contributed by atoms with Crippen LogP contribution in [0.25, 0.3) is 0 Å². The molecule has 2 aliphatic rings. The van der Waals surface area contributed by atoms with Crippen molar-refractivity contribution in [3.63, 3.8) is 0 Å². The van der Waals surface area contributed by atoms with Crippen LogP contribution in [0.3, 0.4) is 0 Å². The summed E-state index contributed by atoms with van der Waals surface area (Å²) < 4.78 is 0. The molecule has 0 bridgehead atoms. The molecule has 0 aromatic carbocycles. The predicted octanol–water partition coefficient (Wildman–Crippen LogP) is 0.761. The van der Waals surface area contributed by atoms with E-state index in [0.29, 0.717) is 13.0 Å². The number of amides is 2. The number of hydrogen-bond donors (Lipinski definition) is 3. The first-order valence-corrected chi connectivity index (χ1v) is 7.06. The molecule has 4 unspecified atom stereocenters. The van der Waals surface area contributed by atoms with Gasteiger partial charge < -0.3 is 21.1 Å². The Kier molecular flexibility index (Phi) is 4.29. The molecule has 1 aliphatic carbocycles. The van der Waals surface area contributed by atoms with Gasteiger partial charge in [0.05, 0.1) is 5.92 Å². The number of carboxylic acid groups (broad SMARTS) is 1. The highest BCUT2D eigenvalue weighted by molar-refractivity contribution is 5.78. The Balaban J connectivity index is 1.91. The summed E-state index contributed by atoms with van der Waals surface area (Å²) in [5.74, 6) is -1.28. The minimum atomic E-state index is -0.822. The van der Waals surface area contributed by atoms with Gasteiger partial charge in [0.15, 0.2) is 0 Å². The standard InChI is InChI=1S/C13H23N3O3/c1-8-9(12(17)18)6-7-16(8)13(19)15-11-5-3-2-4-10(11)14/h8-11H,2-7,14H2,1H3,(H,15,19)(H,17,18). The molecule has 108 valence electrons. The SMILES string of the molecule is CC1C(C(=O)O)CCN1C(=O)NC1CCCCC1N. The predicted molar refractivity (Wildman–Crippen MR) is 70.7 cm³/mol. The van der Waals surface area contributed by atoms with E-state index >= 15 is 0 Å². The average molecular weight is 269 g/mol. The lowest BCUT2D eigenvalue weighted by molar-refractivity contribution is -0.142. The lowest BCUT2D eigenvalue weighted by Gasteiger charge is -2.32. The van der Waals surface area contributed by atoms with E-state index in [0.717, 1.165) is 25.7 Å². The van der Waals surface area contributed by atoms with Gasteiger partial charge in [0.25, 0.3) is 0 Å². The first kappa shape index (κ1) is 14.1. The van der Waals surface area contributed by atoms with Crippen LogP contribution >= 0.6 is 0 Å². The molecule has 0 aromatic heterocycles. The molecule has 0 radical (unpaired) electrons. The fraction of sp³-hybridized carbons (Fsp3) is 0.846. The van der Waals surface area contributed by atoms with Gasteiger partial charge in [-0.25, -0.2) is 4.79 Å². The number of hydrogen-bond acceptors (Lipinski definition) is 3. The molecule has 1 aliphatic heterocycles. The summed E-state index contributed by atoms with van der Waals surface area (Å²) in [5.41, 5.74) is 6.01. The molecule has 2 rings (SSSR count). The van der Waals surface area contributed by atoms with Crippen LogP contribution in [0.15, 0.2) is 0 Å². The highest BCUT2D eigenvalue weighted by Crippen LogP contribution is 2.25. The highest BCUT2D eigenvalue weighted by Gasteiger charge is 2.39. The zero-order valence-corrected chi connectivity index (χ0v) is 11.3. The fourth-order valence-electron chi connectivity index (χ4n) is 3.14. The number of urea groups is 1. The Hall–Kier alpha value is -1.30. The van der Waals surface area contributed by atoms with Crippen molar-refractivity contribution in [2.75, 3.05) is 6.54 Å². The van der Waals surface area contributed by atoms with Crippen LogP contribution in [0.5, 0.6) is 0 Å². The van der Waals surface area contributed by atoms with E-state index in [9.17, 15) is 9.59 Å². The van der Waals surface area contributed by atoms with Crippen molar-refractivity contribution in [1.29, 1.82) is 0 Å². The molecule has 19 heavy (non-hydrogen) atoms. The van der Waals surface area contributed by atoms with Crippen molar-refractivity contribution in [1.82, 2.24) is 10.2 Å². The summed E-state index contributed by atoms with van der Waals surface area (Å²) in [6.07, 6.45) is 4.59. The van der Waals surface area contributed by atoms with Crippen LogP contribution < -0.4 is 11.1 Å². The zero-order valence-electron chi connectivity index (χ0n) is 11.3. The highest BCUT2D eigenvalue weighted by atomic mass is 16.4. The van der Waals surface area contributed by atoms with E-state index < -0.39 is 11.9 Å². The van der Waals surface area contributed by atoms with Gasteiger partial charge >= 0.3 is 12.0 Å². The van der Waals surface area contributed by atoms with Gasteiger partial charge in [-0.1, -0.05) is 12.8 Å². The molecular formula is C13H23N3O3. The maximum Gasteiger partial charge on any atom is 0.317 e. The number of nitrogens with zero attached hydrogens (tertiary/aromatic N) is 1. The third kappa shape index (κ3) is 3.00. The van der Waals surface area contributed by atoms with Crippen LogP contribution in [0.4, 0.5) is 4.79 Å². The van der Waals surface area contributed by atoms with Crippen molar-refractivity contribution in [2.45, 2.75) is 57.2 Å². The van der Waals surface area contributed by atoms with Crippen molar-refractivity contribution in [3.05, 3.63) is 0 Å². The minimum Gasteiger partial charge on any atom is -0.481 e. The summed E-state index contributed by atoms with van der Waals surface area (Å²) >= 11 is 0. The van der Waals surface area contributed by atoms with Crippen LogP contribution in [0.1, 0.15) is 39.0 Å². The second-order valence-electron chi connectivity index (χ2n) is 5.67. The molecule has 4 N–H and O–H groups in total. The smallest absolute Gasteiger partial charge is 0.317 e. The van der Waals surface area contributed by atoms with Crippen LogP contribution in [0.2, 0.25) is 0 Å². The Bertz CT molecular complexity index is 361. The third-order valence-electron chi connectivity index (χ3n) is 4.46. The Morgan fingerprint density at radius 1 is 1.26 bits per heavy atom. The van der Waals surface area contributed by atoms with E-state index in [1.54, 1.807) is 11.8 Å². The van der Waals surface area contributed by atoms with Gasteiger partial charge in [0.1, 0.15) is 0 Å². The van der Waals surface area contributed by atoms with Gasteiger partial charge in [-0.05, 0) is 26.2 Å². The molecule has 0 aromatic rings.